The van der Waals surface area contributed by atoms with E-state index >= 15 is 0 Å². The van der Waals surface area contributed by atoms with Gasteiger partial charge < -0.3 is 25.5 Å². The third-order valence-electron chi connectivity index (χ3n) is 4.19. The van der Waals surface area contributed by atoms with Crippen LogP contribution in [0.2, 0.25) is 0 Å². The van der Waals surface area contributed by atoms with Gasteiger partial charge in [0.25, 0.3) is 0 Å². The molecule has 0 aliphatic heterocycles. The number of nitrogens with two attached hydrogens (primary N) is 1. The number of aliphatic hydroxyl groups is 1. The van der Waals surface area contributed by atoms with Crippen molar-refractivity contribution in [3.63, 3.8) is 0 Å². The molecule has 1 aromatic carbocycles. The van der Waals surface area contributed by atoms with Gasteiger partial charge in [0.1, 0.15) is 11.3 Å². The lowest BCUT2D eigenvalue weighted by molar-refractivity contribution is 0.281. The minimum Gasteiger partial charge on any atom is -0.496 e. The second-order valence-electron chi connectivity index (χ2n) is 6.06. The smallest absolute Gasteiger partial charge is 0.224 e. The summed E-state index contributed by atoms with van der Waals surface area (Å²) >= 11 is 0. The molecule has 138 valence electrons. The Hall–Kier alpha value is -2.87. The van der Waals surface area contributed by atoms with E-state index in [1.165, 1.54) is 0 Å². The molecule has 2 heterocycles. The number of fused-ring (bicyclic) bond motifs is 1. The Kier molecular flexibility index (Phi) is 5.52. The predicted molar refractivity (Wildman–Crippen MR) is 101 cm³/mol. The Bertz CT molecular complexity index is 893. The molecule has 0 aliphatic rings. The number of rotatable bonds is 8. The van der Waals surface area contributed by atoms with Crippen molar-refractivity contribution in [3.05, 3.63) is 35.7 Å². The average molecular weight is 356 g/mol. The zero-order valence-corrected chi connectivity index (χ0v) is 15.1. The first-order chi connectivity index (χ1) is 12.7. The maximum atomic E-state index is 9.30. The van der Waals surface area contributed by atoms with Gasteiger partial charge in [-0.05, 0) is 18.1 Å². The standard InChI is InChI=1S/C18H24N6O2/c1-3-4-7-20-16-15-17(23-18(19)22-16)21-11-24(15)9-13-6-5-12(10-25)8-14(13)26-2/h5-6,8,11,25H,3-4,7,9-10H2,1-2H3,(H3,19,20,22,23). The first-order valence-electron chi connectivity index (χ1n) is 8.65. The van der Waals surface area contributed by atoms with E-state index in [9.17, 15) is 5.11 Å². The first-order valence-corrected chi connectivity index (χ1v) is 8.65. The molecule has 4 N–H and O–H groups in total. The van der Waals surface area contributed by atoms with Gasteiger partial charge >= 0.3 is 0 Å². The van der Waals surface area contributed by atoms with Gasteiger partial charge in [-0.3, -0.25) is 0 Å². The summed E-state index contributed by atoms with van der Waals surface area (Å²) in [6.45, 7) is 3.46. The van der Waals surface area contributed by atoms with E-state index in [1.807, 2.05) is 22.8 Å². The van der Waals surface area contributed by atoms with Crippen LogP contribution in [0.15, 0.2) is 24.5 Å². The van der Waals surface area contributed by atoms with Gasteiger partial charge in [-0.2, -0.15) is 9.97 Å². The van der Waals surface area contributed by atoms with Gasteiger partial charge in [-0.15, -0.1) is 0 Å². The fourth-order valence-corrected chi connectivity index (χ4v) is 2.82. The normalized spacial score (nSPS) is 11.0. The van der Waals surface area contributed by atoms with Crippen LogP contribution in [-0.4, -0.2) is 38.3 Å². The molecule has 3 rings (SSSR count). The molecule has 0 fully saturated rings. The van der Waals surface area contributed by atoms with E-state index in [2.05, 4.69) is 27.2 Å². The quantitative estimate of drug-likeness (QED) is 0.530. The summed E-state index contributed by atoms with van der Waals surface area (Å²) in [6.07, 6.45) is 3.85. The van der Waals surface area contributed by atoms with Gasteiger partial charge in [0, 0.05) is 12.1 Å². The van der Waals surface area contributed by atoms with Gasteiger partial charge in [0.2, 0.25) is 5.95 Å². The van der Waals surface area contributed by atoms with E-state index in [0.717, 1.165) is 41.8 Å². The SMILES string of the molecule is CCCCNc1nc(N)nc2ncn(Cc3ccc(CO)cc3OC)c12. The van der Waals surface area contributed by atoms with Crippen LogP contribution in [0, 0.1) is 0 Å². The van der Waals surface area contributed by atoms with E-state index in [0.29, 0.717) is 18.0 Å². The van der Waals surface area contributed by atoms with Crippen LogP contribution in [-0.2, 0) is 13.2 Å². The number of aromatic nitrogens is 4. The second-order valence-corrected chi connectivity index (χ2v) is 6.06. The van der Waals surface area contributed by atoms with E-state index < -0.39 is 0 Å². The molecule has 3 aromatic rings. The fraction of sp³-hybridized carbons (Fsp3) is 0.389. The molecular formula is C18H24N6O2. The third-order valence-corrected chi connectivity index (χ3v) is 4.19. The fourth-order valence-electron chi connectivity index (χ4n) is 2.82. The molecule has 0 radical (unpaired) electrons. The maximum absolute atomic E-state index is 9.30. The van der Waals surface area contributed by atoms with Crippen LogP contribution < -0.4 is 15.8 Å². The number of ether oxygens (including phenoxy) is 1. The molecule has 0 amide bonds. The van der Waals surface area contributed by atoms with Crippen molar-refractivity contribution in [1.82, 2.24) is 19.5 Å². The molecule has 0 unspecified atom stereocenters. The molecule has 8 heteroatoms. The van der Waals surface area contributed by atoms with Crippen molar-refractivity contribution in [2.24, 2.45) is 0 Å². The maximum Gasteiger partial charge on any atom is 0.224 e. The van der Waals surface area contributed by atoms with Crippen LogP contribution in [0.1, 0.15) is 30.9 Å². The summed E-state index contributed by atoms with van der Waals surface area (Å²) in [5, 5.41) is 12.6. The molecule has 2 aromatic heterocycles. The van der Waals surface area contributed by atoms with Crippen LogP contribution in [0.25, 0.3) is 11.2 Å². The highest BCUT2D eigenvalue weighted by atomic mass is 16.5. The van der Waals surface area contributed by atoms with Crippen LogP contribution in [0.4, 0.5) is 11.8 Å². The summed E-state index contributed by atoms with van der Waals surface area (Å²) in [5.74, 6) is 1.60. The number of aliphatic hydroxyl groups excluding tert-OH is 1. The topological polar surface area (TPSA) is 111 Å². The summed E-state index contributed by atoms with van der Waals surface area (Å²) in [5.41, 5.74) is 8.96. The van der Waals surface area contributed by atoms with Crippen molar-refractivity contribution in [3.8, 4) is 5.75 Å². The number of imidazole rings is 1. The van der Waals surface area contributed by atoms with Gasteiger partial charge in [0.05, 0.1) is 26.6 Å². The molecule has 8 nitrogen and oxygen atoms in total. The lowest BCUT2D eigenvalue weighted by atomic mass is 10.1. The monoisotopic (exact) mass is 356 g/mol. The first kappa shape index (κ1) is 17.9. The van der Waals surface area contributed by atoms with Gasteiger partial charge in [0.15, 0.2) is 11.5 Å². The molecule has 0 atom stereocenters. The number of benzene rings is 1. The molecular weight excluding hydrogens is 332 g/mol. The highest BCUT2D eigenvalue weighted by molar-refractivity contribution is 5.84. The molecule has 0 saturated heterocycles. The van der Waals surface area contributed by atoms with Crippen LogP contribution in [0.3, 0.4) is 0 Å². The van der Waals surface area contributed by atoms with E-state index in [-0.39, 0.29) is 12.6 Å². The largest absolute Gasteiger partial charge is 0.496 e. The Balaban J connectivity index is 1.98. The van der Waals surface area contributed by atoms with E-state index in [4.69, 9.17) is 10.5 Å². The summed E-state index contributed by atoms with van der Waals surface area (Å²) < 4.78 is 7.44. The second kappa shape index (κ2) is 8.01. The molecule has 0 bridgehead atoms. The molecule has 26 heavy (non-hydrogen) atoms. The number of hydrogen-bond donors (Lipinski definition) is 3. The zero-order chi connectivity index (χ0) is 18.5. The Morgan fingerprint density at radius 1 is 1.31 bits per heavy atom. The summed E-state index contributed by atoms with van der Waals surface area (Å²) in [4.78, 5) is 12.9. The highest BCUT2D eigenvalue weighted by Gasteiger charge is 2.14. The van der Waals surface area contributed by atoms with Crippen molar-refractivity contribution < 1.29 is 9.84 Å². The molecule has 0 aliphatic carbocycles. The number of anilines is 2. The highest BCUT2D eigenvalue weighted by Crippen LogP contribution is 2.25. The number of unbranched alkanes of at least 4 members (excludes halogenated alkanes) is 1. The van der Waals surface area contributed by atoms with Crippen LogP contribution >= 0.6 is 0 Å². The average Bonchev–Trinajstić information content (AvgIpc) is 3.04. The van der Waals surface area contributed by atoms with Crippen molar-refractivity contribution in [2.75, 3.05) is 24.7 Å². The lowest BCUT2D eigenvalue weighted by Gasteiger charge is -2.13. The number of hydrogen-bond acceptors (Lipinski definition) is 7. The Labute approximate surface area is 152 Å². The van der Waals surface area contributed by atoms with E-state index in [1.54, 1.807) is 13.4 Å². The molecule has 0 spiro atoms. The summed E-state index contributed by atoms with van der Waals surface area (Å²) in [6, 6.07) is 5.66. The van der Waals surface area contributed by atoms with Crippen molar-refractivity contribution >= 4 is 22.9 Å². The van der Waals surface area contributed by atoms with Crippen molar-refractivity contribution in [2.45, 2.75) is 32.9 Å². The Morgan fingerprint density at radius 3 is 2.88 bits per heavy atom. The number of methoxy groups -OCH3 is 1. The van der Waals surface area contributed by atoms with Crippen LogP contribution in [0.5, 0.6) is 5.75 Å². The third kappa shape index (κ3) is 3.70. The predicted octanol–water partition coefficient (Wildman–Crippen LogP) is 2.17. The van der Waals surface area contributed by atoms with Crippen molar-refractivity contribution in [1.29, 1.82) is 0 Å². The summed E-state index contributed by atoms with van der Waals surface area (Å²) in [7, 11) is 1.62. The molecule has 0 saturated carbocycles. The number of nitrogen functional groups attached to an aromatic ring is 1. The number of nitrogens with zero attached hydrogens (tertiary/aromatic N) is 4. The van der Waals surface area contributed by atoms with Gasteiger partial charge in [-0.1, -0.05) is 25.5 Å². The van der Waals surface area contributed by atoms with Gasteiger partial charge in [-0.25, -0.2) is 4.98 Å². The zero-order valence-electron chi connectivity index (χ0n) is 15.1. The lowest BCUT2D eigenvalue weighted by Crippen LogP contribution is -2.09. The Morgan fingerprint density at radius 2 is 2.15 bits per heavy atom. The minimum atomic E-state index is -0.0245. The minimum absolute atomic E-state index is 0.0245. The number of nitrogens with one attached hydrogen (secondary N) is 1.